The van der Waals surface area contributed by atoms with E-state index in [2.05, 4.69) is 26.0 Å². The fourth-order valence-electron chi connectivity index (χ4n) is 4.66. The Balaban J connectivity index is 0.000000178. The average Bonchev–Trinajstić information content (AvgIpc) is 3.60. The number of methoxy groups -OCH3 is 1. The molecule has 0 saturated carbocycles. The molecule has 4 aromatic rings. The minimum Gasteiger partial charge on any atom is -0.478 e. The molecule has 0 fully saturated rings. The monoisotopic (exact) mass is 606 g/mol. The number of carbonyl (C=O) groups is 6. The lowest BCUT2D eigenvalue weighted by molar-refractivity contribution is -0.115. The fraction of sp³-hybridized carbons (Fsp3) is 0.0909. The third kappa shape index (κ3) is 7.20. The molecule has 226 valence electrons. The third-order valence-corrected chi connectivity index (χ3v) is 6.94. The van der Waals surface area contributed by atoms with Crippen molar-refractivity contribution in [1.82, 2.24) is 0 Å². The van der Waals surface area contributed by atoms with Gasteiger partial charge in [0, 0.05) is 33.9 Å². The Bertz CT molecular complexity index is 1850. The summed E-state index contributed by atoms with van der Waals surface area (Å²) in [7, 11) is 1.30. The lowest BCUT2D eigenvalue weighted by Crippen LogP contribution is -2.12. The number of hydrogen-bond donors (Lipinski definition) is 5. The predicted molar refractivity (Wildman–Crippen MR) is 165 cm³/mol. The molecule has 12 heteroatoms. The van der Waals surface area contributed by atoms with E-state index < -0.39 is 11.9 Å². The van der Waals surface area contributed by atoms with Gasteiger partial charge in [-0.2, -0.15) is 0 Å². The van der Waals surface area contributed by atoms with Crippen LogP contribution in [0.2, 0.25) is 0 Å². The summed E-state index contributed by atoms with van der Waals surface area (Å²) in [6.45, 7) is 0. The Morgan fingerprint density at radius 2 is 1.02 bits per heavy atom. The highest BCUT2D eigenvalue weighted by atomic mass is 16.5. The van der Waals surface area contributed by atoms with Gasteiger partial charge in [0.15, 0.2) is 0 Å². The van der Waals surface area contributed by atoms with Crippen molar-refractivity contribution in [3.63, 3.8) is 0 Å². The van der Waals surface area contributed by atoms with E-state index in [4.69, 9.17) is 5.11 Å². The topological polar surface area (TPSA) is 180 Å². The van der Waals surface area contributed by atoms with Crippen LogP contribution in [0.15, 0.2) is 84.9 Å². The van der Waals surface area contributed by atoms with Crippen LogP contribution < -0.4 is 21.3 Å². The summed E-state index contributed by atoms with van der Waals surface area (Å²) in [5.41, 5.74) is 5.71. The number of nitrogens with one attached hydrogen (secondary N) is 4. The van der Waals surface area contributed by atoms with Gasteiger partial charge in [-0.15, -0.1) is 0 Å². The molecule has 6 rings (SSSR count). The Kier molecular flexibility index (Phi) is 8.66. The molecule has 45 heavy (non-hydrogen) atoms. The van der Waals surface area contributed by atoms with Gasteiger partial charge in [0.25, 0.3) is 11.8 Å². The van der Waals surface area contributed by atoms with E-state index >= 15 is 0 Å². The summed E-state index contributed by atoms with van der Waals surface area (Å²) in [4.78, 5) is 69.1. The molecule has 0 bridgehead atoms. The Labute approximate surface area is 256 Å². The standard InChI is InChI=1S/C17H14N2O4.C16H12N2O4/c1-23-17(22)11-4-2-10(3-5-11)16(21)18-13-6-7-14-12(8-13)9-15(20)19-14;19-14-8-11-7-12(5-6-13(11)18-14)17-15(20)9-1-3-10(4-2-9)16(21)22/h2-8H,9H2,1H3,(H,18,21)(H,19,20);1-7H,8H2,(H,17,20)(H,18,19)(H,21,22). The number of anilines is 4. The normalized spacial score (nSPS) is 12.4. The highest BCUT2D eigenvalue weighted by Crippen LogP contribution is 2.27. The number of benzene rings is 4. The van der Waals surface area contributed by atoms with Crippen LogP contribution in [0, 0.1) is 0 Å². The molecule has 0 saturated heterocycles. The number of aromatic carboxylic acids is 1. The van der Waals surface area contributed by atoms with Crippen molar-refractivity contribution >= 4 is 58.3 Å². The summed E-state index contributed by atoms with van der Waals surface area (Å²) in [6, 6.07) is 22.3. The molecule has 0 aromatic heterocycles. The van der Waals surface area contributed by atoms with Crippen LogP contribution in [0.3, 0.4) is 0 Å². The van der Waals surface area contributed by atoms with Crippen LogP contribution in [-0.4, -0.2) is 47.8 Å². The molecule has 5 N–H and O–H groups in total. The molecular weight excluding hydrogens is 580 g/mol. The van der Waals surface area contributed by atoms with E-state index in [-0.39, 0.29) is 29.2 Å². The van der Waals surface area contributed by atoms with Gasteiger partial charge in [-0.25, -0.2) is 9.59 Å². The van der Waals surface area contributed by atoms with E-state index in [9.17, 15) is 28.8 Å². The Morgan fingerprint density at radius 1 is 0.622 bits per heavy atom. The quantitative estimate of drug-likeness (QED) is 0.201. The van der Waals surface area contributed by atoms with E-state index in [1.54, 1.807) is 48.5 Å². The van der Waals surface area contributed by atoms with Crippen molar-refractivity contribution in [3.8, 4) is 0 Å². The van der Waals surface area contributed by atoms with Crippen molar-refractivity contribution in [2.24, 2.45) is 0 Å². The number of ether oxygens (including phenoxy) is 1. The van der Waals surface area contributed by atoms with Crippen molar-refractivity contribution < 1.29 is 38.6 Å². The number of carbonyl (C=O) groups excluding carboxylic acids is 5. The number of carboxylic acids is 1. The Morgan fingerprint density at radius 3 is 1.42 bits per heavy atom. The summed E-state index contributed by atoms with van der Waals surface area (Å²) in [6.07, 6.45) is 0.610. The summed E-state index contributed by atoms with van der Waals surface area (Å²) >= 11 is 0. The van der Waals surface area contributed by atoms with Crippen LogP contribution >= 0.6 is 0 Å². The second kappa shape index (κ2) is 12.9. The van der Waals surface area contributed by atoms with Crippen LogP contribution in [0.25, 0.3) is 0 Å². The van der Waals surface area contributed by atoms with Gasteiger partial charge in [-0.3, -0.25) is 19.2 Å². The van der Waals surface area contributed by atoms with Crippen LogP contribution in [0.1, 0.15) is 52.6 Å². The van der Waals surface area contributed by atoms with Gasteiger partial charge in [0.2, 0.25) is 11.8 Å². The largest absolute Gasteiger partial charge is 0.478 e. The van der Waals surface area contributed by atoms with E-state index in [0.29, 0.717) is 40.9 Å². The molecule has 0 aliphatic carbocycles. The zero-order chi connectivity index (χ0) is 32.1. The van der Waals surface area contributed by atoms with Gasteiger partial charge < -0.3 is 31.1 Å². The minimum atomic E-state index is -1.04. The smallest absolute Gasteiger partial charge is 0.337 e. The predicted octanol–water partition coefficient (Wildman–Crippen LogP) is 4.35. The average molecular weight is 607 g/mol. The summed E-state index contributed by atoms with van der Waals surface area (Å²) in [5.74, 6) is -2.24. The Hall–Kier alpha value is -6.30. The number of carboxylic acid groups (broad SMARTS) is 1. The van der Waals surface area contributed by atoms with Gasteiger partial charge >= 0.3 is 11.9 Å². The van der Waals surface area contributed by atoms with Gasteiger partial charge in [0.1, 0.15) is 0 Å². The molecule has 0 radical (unpaired) electrons. The van der Waals surface area contributed by atoms with Crippen LogP contribution in [0.4, 0.5) is 22.7 Å². The zero-order valence-corrected chi connectivity index (χ0v) is 23.8. The van der Waals surface area contributed by atoms with E-state index in [0.717, 1.165) is 22.5 Å². The molecule has 0 spiro atoms. The first-order valence-electron chi connectivity index (χ1n) is 13.6. The molecule has 0 unspecified atom stereocenters. The lowest BCUT2D eigenvalue weighted by Gasteiger charge is -2.07. The maximum Gasteiger partial charge on any atom is 0.337 e. The first-order valence-corrected chi connectivity index (χ1v) is 13.6. The third-order valence-electron chi connectivity index (χ3n) is 6.94. The number of rotatable bonds is 6. The molecule has 2 aliphatic rings. The van der Waals surface area contributed by atoms with Crippen LogP contribution in [-0.2, 0) is 27.2 Å². The van der Waals surface area contributed by atoms with Gasteiger partial charge in [-0.1, -0.05) is 0 Å². The molecular formula is C33H26N4O8. The van der Waals surface area contributed by atoms with Crippen molar-refractivity contribution in [1.29, 1.82) is 0 Å². The number of hydrogen-bond acceptors (Lipinski definition) is 7. The SMILES string of the molecule is COC(=O)c1ccc(C(=O)Nc2ccc3c(c2)CC(=O)N3)cc1.O=C1Cc2cc(NC(=O)c3ccc(C(=O)O)cc3)ccc2N1. The molecule has 4 aromatic carbocycles. The van der Waals surface area contributed by atoms with Crippen LogP contribution in [0.5, 0.6) is 0 Å². The fourth-order valence-corrected chi connectivity index (χ4v) is 4.66. The minimum absolute atomic E-state index is 0.0538. The highest BCUT2D eigenvalue weighted by molar-refractivity contribution is 6.07. The summed E-state index contributed by atoms with van der Waals surface area (Å²) in [5, 5.41) is 19.8. The lowest BCUT2D eigenvalue weighted by atomic mass is 10.1. The first kappa shape index (κ1) is 30.2. The van der Waals surface area contributed by atoms with Gasteiger partial charge in [0.05, 0.1) is 31.1 Å². The maximum atomic E-state index is 12.2. The number of fused-ring (bicyclic) bond motifs is 2. The molecule has 2 aliphatic heterocycles. The van der Waals surface area contributed by atoms with Crippen molar-refractivity contribution in [2.75, 3.05) is 28.4 Å². The number of esters is 1. The van der Waals surface area contributed by atoms with Crippen molar-refractivity contribution in [3.05, 3.63) is 118 Å². The molecule has 2 heterocycles. The second-order valence-electron chi connectivity index (χ2n) is 10.1. The first-order chi connectivity index (χ1) is 21.6. The maximum absolute atomic E-state index is 12.2. The molecule has 0 atom stereocenters. The zero-order valence-electron chi connectivity index (χ0n) is 23.8. The van der Waals surface area contributed by atoms with Crippen molar-refractivity contribution in [2.45, 2.75) is 12.8 Å². The van der Waals surface area contributed by atoms with E-state index in [1.807, 2.05) is 0 Å². The van der Waals surface area contributed by atoms with E-state index in [1.165, 1.54) is 43.5 Å². The second-order valence-corrected chi connectivity index (χ2v) is 10.1. The molecule has 12 nitrogen and oxygen atoms in total. The van der Waals surface area contributed by atoms with Gasteiger partial charge in [-0.05, 0) is 96.1 Å². The molecule has 4 amide bonds. The summed E-state index contributed by atoms with van der Waals surface area (Å²) < 4.78 is 4.61. The highest BCUT2D eigenvalue weighted by Gasteiger charge is 2.19. The number of amides is 4.